The molecule has 113 valence electrons. The first-order chi connectivity index (χ1) is 9.18. The van der Waals surface area contributed by atoms with Gasteiger partial charge in [0.1, 0.15) is 0 Å². The zero-order valence-corrected chi connectivity index (χ0v) is 13.9. The Morgan fingerprint density at radius 2 is 1.00 bits per heavy atom. The quantitative estimate of drug-likeness (QED) is 0.308. The van der Waals surface area contributed by atoms with Crippen molar-refractivity contribution in [1.82, 2.24) is 0 Å². The van der Waals surface area contributed by atoms with Gasteiger partial charge < -0.3 is 0 Å². The molecule has 0 aromatic carbocycles. The van der Waals surface area contributed by atoms with Crippen LogP contribution in [0.2, 0.25) is 0 Å². The van der Waals surface area contributed by atoms with Crippen molar-refractivity contribution in [2.45, 2.75) is 104 Å². The van der Waals surface area contributed by atoms with Crippen LogP contribution in [-0.2, 0) is 0 Å². The summed E-state index contributed by atoms with van der Waals surface area (Å²) in [4.78, 5) is 0. The third kappa shape index (κ3) is 14.0. The van der Waals surface area contributed by atoms with E-state index in [4.69, 9.17) is 0 Å². The van der Waals surface area contributed by atoms with Crippen molar-refractivity contribution in [3.8, 4) is 0 Å². The Balaban J connectivity index is 3.09. The highest BCUT2D eigenvalue weighted by Gasteiger charge is 1.95. The maximum absolute atomic E-state index is 3.99. The normalized spacial score (nSPS) is 12.6. The maximum atomic E-state index is 3.99. The molecule has 0 fully saturated rings. The highest BCUT2D eigenvalue weighted by Crippen LogP contribution is 2.15. The second-order valence-electron chi connectivity index (χ2n) is 6.20. The Labute approximate surface area is 123 Å². The molecule has 0 heteroatoms. The van der Waals surface area contributed by atoms with Crippen molar-refractivity contribution in [3.05, 3.63) is 18.1 Å². The van der Waals surface area contributed by atoms with Gasteiger partial charge in [0, 0.05) is 0 Å². The Hall–Kier alpha value is -0.260. The van der Waals surface area contributed by atoms with Crippen LogP contribution in [0.1, 0.15) is 104 Å². The number of hydrogen-bond donors (Lipinski definition) is 0. The second kappa shape index (κ2) is 14.2. The largest absolute Gasteiger partial charge is 0.0744 e. The van der Waals surface area contributed by atoms with Crippen LogP contribution in [0.4, 0.5) is 0 Å². The van der Waals surface area contributed by atoms with Crippen molar-refractivity contribution in [1.29, 1.82) is 0 Å². The SMILES string of the molecule is [CH2]/C(C)=C(\C)CCCCCCCCCCCCCC. The fraction of sp³-hybridized carbons (Fsp3) is 0.842. The Morgan fingerprint density at radius 3 is 1.37 bits per heavy atom. The monoisotopic (exact) mass is 265 g/mol. The van der Waals surface area contributed by atoms with Gasteiger partial charge in [0.2, 0.25) is 0 Å². The summed E-state index contributed by atoms with van der Waals surface area (Å²) in [5.74, 6) is 0. The van der Waals surface area contributed by atoms with Crippen LogP contribution in [0, 0.1) is 6.92 Å². The van der Waals surface area contributed by atoms with E-state index in [9.17, 15) is 0 Å². The molecule has 0 aliphatic carbocycles. The maximum Gasteiger partial charge on any atom is -0.0283 e. The Morgan fingerprint density at radius 1 is 0.632 bits per heavy atom. The van der Waals surface area contributed by atoms with Gasteiger partial charge in [0.25, 0.3) is 0 Å². The van der Waals surface area contributed by atoms with Crippen molar-refractivity contribution >= 4 is 0 Å². The van der Waals surface area contributed by atoms with Crippen molar-refractivity contribution < 1.29 is 0 Å². The molecule has 0 aliphatic heterocycles. The van der Waals surface area contributed by atoms with Crippen LogP contribution < -0.4 is 0 Å². The minimum absolute atomic E-state index is 1.26. The number of unbranched alkanes of at least 4 members (excludes halogenated alkanes) is 11. The van der Waals surface area contributed by atoms with Gasteiger partial charge in [0.15, 0.2) is 0 Å². The van der Waals surface area contributed by atoms with E-state index in [-0.39, 0.29) is 0 Å². The summed E-state index contributed by atoms with van der Waals surface area (Å²) in [7, 11) is 0. The Bertz CT molecular complexity index is 208. The summed E-state index contributed by atoms with van der Waals surface area (Å²) < 4.78 is 0. The standard InChI is InChI=1S/C19H37/c1-5-6-7-8-9-10-11-12-13-14-15-16-17-19(4)18(2)3/h2,5-17H2,1,3-4H3/b19-18-. The number of allylic oxidation sites excluding steroid dienone is 2. The highest BCUT2D eigenvalue weighted by atomic mass is 14.0. The minimum Gasteiger partial charge on any atom is -0.0744 e. The van der Waals surface area contributed by atoms with Gasteiger partial charge in [-0.2, -0.15) is 0 Å². The molecule has 0 aliphatic rings. The lowest BCUT2D eigenvalue weighted by molar-refractivity contribution is 0.543. The molecule has 0 aromatic rings. The van der Waals surface area contributed by atoms with Crippen molar-refractivity contribution in [2.24, 2.45) is 0 Å². The molecule has 0 atom stereocenters. The molecule has 0 heterocycles. The van der Waals surface area contributed by atoms with Gasteiger partial charge in [-0.25, -0.2) is 0 Å². The predicted octanol–water partition coefficient (Wildman–Crippen LogP) is 7.25. The van der Waals surface area contributed by atoms with Crippen LogP contribution in [0.25, 0.3) is 0 Å². The van der Waals surface area contributed by atoms with Gasteiger partial charge >= 0.3 is 0 Å². The fourth-order valence-electron chi connectivity index (χ4n) is 2.44. The van der Waals surface area contributed by atoms with E-state index >= 15 is 0 Å². The average molecular weight is 266 g/mol. The molecular weight excluding hydrogens is 228 g/mol. The minimum atomic E-state index is 1.26. The third-order valence-electron chi connectivity index (χ3n) is 4.13. The van der Waals surface area contributed by atoms with Gasteiger partial charge in [-0.15, -0.1) is 0 Å². The molecule has 0 saturated carbocycles. The molecule has 19 heavy (non-hydrogen) atoms. The van der Waals surface area contributed by atoms with E-state index in [0.29, 0.717) is 0 Å². The average Bonchev–Trinajstić information content (AvgIpc) is 2.39. The topological polar surface area (TPSA) is 0 Å². The lowest BCUT2D eigenvalue weighted by Gasteiger charge is -2.04. The molecule has 1 radical (unpaired) electrons. The van der Waals surface area contributed by atoms with Crippen LogP contribution in [0.3, 0.4) is 0 Å². The van der Waals surface area contributed by atoms with E-state index in [2.05, 4.69) is 27.7 Å². The lowest BCUT2D eigenvalue weighted by Crippen LogP contribution is -1.84. The van der Waals surface area contributed by atoms with Gasteiger partial charge in [-0.1, -0.05) is 88.7 Å². The molecule has 0 N–H and O–H groups in total. The van der Waals surface area contributed by atoms with Crippen LogP contribution in [-0.4, -0.2) is 0 Å². The molecule has 0 rings (SSSR count). The molecule has 0 spiro atoms. The van der Waals surface area contributed by atoms with Crippen LogP contribution in [0.5, 0.6) is 0 Å². The predicted molar refractivity (Wildman–Crippen MR) is 89.4 cm³/mol. The Kier molecular flexibility index (Phi) is 14.0. The zero-order valence-electron chi connectivity index (χ0n) is 13.9. The van der Waals surface area contributed by atoms with E-state index in [1.54, 1.807) is 0 Å². The molecule has 0 saturated heterocycles. The summed E-state index contributed by atoms with van der Waals surface area (Å²) in [6.07, 6.45) is 18.4. The van der Waals surface area contributed by atoms with Crippen molar-refractivity contribution in [3.63, 3.8) is 0 Å². The van der Waals surface area contributed by atoms with Crippen LogP contribution in [0.15, 0.2) is 11.1 Å². The smallest absolute Gasteiger partial charge is 0.0283 e. The zero-order chi connectivity index (χ0) is 14.3. The van der Waals surface area contributed by atoms with Gasteiger partial charge in [0.05, 0.1) is 0 Å². The van der Waals surface area contributed by atoms with Gasteiger partial charge in [-0.3, -0.25) is 0 Å². The summed E-state index contributed by atoms with van der Waals surface area (Å²) >= 11 is 0. The first-order valence-corrected chi connectivity index (χ1v) is 8.66. The summed E-state index contributed by atoms with van der Waals surface area (Å²) in [5, 5.41) is 0. The van der Waals surface area contributed by atoms with Crippen LogP contribution >= 0.6 is 0 Å². The molecule has 0 nitrogen and oxygen atoms in total. The van der Waals surface area contributed by atoms with Crippen molar-refractivity contribution in [2.75, 3.05) is 0 Å². The molecular formula is C19H37. The third-order valence-corrected chi connectivity index (χ3v) is 4.13. The molecule has 0 amide bonds. The lowest BCUT2D eigenvalue weighted by atomic mass is 10.0. The van der Waals surface area contributed by atoms with E-state index < -0.39 is 0 Å². The van der Waals surface area contributed by atoms with Gasteiger partial charge in [-0.05, 0) is 33.6 Å². The number of hydrogen-bond acceptors (Lipinski definition) is 0. The van der Waals surface area contributed by atoms with E-state index in [0.717, 1.165) is 0 Å². The second-order valence-corrected chi connectivity index (χ2v) is 6.20. The first-order valence-electron chi connectivity index (χ1n) is 8.66. The highest BCUT2D eigenvalue weighted by molar-refractivity contribution is 5.11. The number of rotatable bonds is 13. The first kappa shape index (κ1) is 18.7. The van der Waals surface area contributed by atoms with E-state index in [1.807, 2.05) is 0 Å². The fourth-order valence-corrected chi connectivity index (χ4v) is 2.44. The summed E-state index contributed by atoms with van der Waals surface area (Å²) in [5.41, 5.74) is 2.76. The molecule has 0 bridgehead atoms. The molecule has 0 unspecified atom stereocenters. The summed E-state index contributed by atoms with van der Waals surface area (Å²) in [6, 6.07) is 0. The molecule has 0 aromatic heterocycles. The van der Waals surface area contributed by atoms with E-state index in [1.165, 1.54) is 94.6 Å². The summed E-state index contributed by atoms with van der Waals surface area (Å²) in [6.45, 7) is 10.6.